The molecule has 3 atom stereocenters. The number of para-hydroxylation sites is 1. The Balaban J connectivity index is 1.47. The summed E-state index contributed by atoms with van der Waals surface area (Å²) < 4.78 is 5.32. The van der Waals surface area contributed by atoms with Crippen LogP contribution >= 0.6 is 0 Å². The van der Waals surface area contributed by atoms with Crippen molar-refractivity contribution < 1.29 is 19.4 Å². The van der Waals surface area contributed by atoms with E-state index in [2.05, 4.69) is 20.6 Å². The van der Waals surface area contributed by atoms with Gasteiger partial charge in [-0.2, -0.15) is 0 Å². The number of benzene rings is 2. The van der Waals surface area contributed by atoms with Gasteiger partial charge in [-0.25, -0.2) is 0 Å². The highest BCUT2D eigenvalue weighted by Gasteiger charge is 2.27. The van der Waals surface area contributed by atoms with Crippen LogP contribution in [0.5, 0.6) is 5.75 Å². The number of H-pyrrole nitrogens is 2. The van der Waals surface area contributed by atoms with Crippen molar-refractivity contribution in [1.29, 1.82) is 0 Å². The zero-order chi connectivity index (χ0) is 24.9. The predicted molar refractivity (Wildman–Crippen MR) is 135 cm³/mol. The van der Waals surface area contributed by atoms with Gasteiger partial charge in [-0.15, -0.1) is 0 Å². The van der Waals surface area contributed by atoms with Gasteiger partial charge >= 0.3 is 0 Å². The van der Waals surface area contributed by atoms with Crippen LogP contribution in [0.1, 0.15) is 18.1 Å². The smallest absolute Gasteiger partial charge is 0.242 e. The molecular formula is C26H31N5O4. The zero-order valence-corrected chi connectivity index (χ0v) is 19.8. The van der Waals surface area contributed by atoms with Crippen molar-refractivity contribution in [2.75, 3.05) is 13.7 Å². The second-order valence-electron chi connectivity index (χ2n) is 8.66. The number of aliphatic hydroxyl groups is 1. The van der Waals surface area contributed by atoms with Crippen molar-refractivity contribution in [3.05, 3.63) is 66.0 Å². The minimum absolute atomic E-state index is 0.276. The number of hydrogen-bond acceptors (Lipinski definition) is 5. The van der Waals surface area contributed by atoms with Crippen LogP contribution in [0.3, 0.4) is 0 Å². The van der Waals surface area contributed by atoms with Gasteiger partial charge < -0.3 is 36.2 Å². The molecular weight excluding hydrogens is 446 g/mol. The van der Waals surface area contributed by atoms with Gasteiger partial charge in [-0.3, -0.25) is 9.59 Å². The largest absolute Gasteiger partial charge is 0.497 e. The lowest BCUT2D eigenvalue weighted by Gasteiger charge is -2.21. The van der Waals surface area contributed by atoms with Crippen LogP contribution in [0.25, 0.3) is 21.8 Å². The van der Waals surface area contributed by atoms with Crippen molar-refractivity contribution in [3.8, 4) is 5.75 Å². The van der Waals surface area contributed by atoms with Gasteiger partial charge in [-0.05, 0) is 48.7 Å². The summed E-state index contributed by atoms with van der Waals surface area (Å²) in [5.41, 5.74) is 9.68. The lowest BCUT2D eigenvalue weighted by atomic mass is 10.0. The molecule has 4 rings (SSSR count). The number of carbonyl (C=O) groups excluding carboxylic acids is 2. The Morgan fingerprint density at radius 3 is 2.49 bits per heavy atom. The van der Waals surface area contributed by atoms with Gasteiger partial charge in [0.15, 0.2) is 0 Å². The minimum atomic E-state index is -1.13. The molecule has 0 spiro atoms. The number of rotatable bonds is 10. The quantitative estimate of drug-likeness (QED) is 0.206. The lowest BCUT2D eigenvalue weighted by Crippen LogP contribution is -2.55. The molecule has 2 heterocycles. The van der Waals surface area contributed by atoms with Crippen LogP contribution in [-0.2, 0) is 22.4 Å². The van der Waals surface area contributed by atoms with Gasteiger partial charge in [0, 0.05) is 47.2 Å². The zero-order valence-electron chi connectivity index (χ0n) is 19.8. The van der Waals surface area contributed by atoms with E-state index in [1.54, 1.807) is 7.11 Å². The molecule has 9 heteroatoms. The van der Waals surface area contributed by atoms with Crippen LogP contribution in [0.2, 0.25) is 0 Å². The average Bonchev–Trinajstić information content (AvgIpc) is 3.46. The summed E-state index contributed by atoms with van der Waals surface area (Å²) in [6.45, 7) is 1.82. The van der Waals surface area contributed by atoms with Crippen LogP contribution in [0.4, 0.5) is 0 Å². The fourth-order valence-electron chi connectivity index (χ4n) is 4.15. The molecule has 184 valence electrons. The molecule has 0 bridgehead atoms. The summed E-state index contributed by atoms with van der Waals surface area (Å²) in [4.78, 5) is 32.1. The first-order valence-corrected chi connectivity index (χ1v) is 11.6. The van der Waals surface area contributed by atoms with E-state index in [0.717, 1.165) is 38.7 Å². The predicted octanol–water partition coefficient (Wildman–Crippen LogP) is 1.75. The number of aromatic nitrogens is 2. The summed E-state index contributed by atoms with van der Waals surface area (Å²) in [6.07, 6.45) is 3.59. The van der Waals surface area contributed by atoms with Gasteiger partial charge in [0.05, 0.1) is 13.2 Å². The Kier molecular flexibility index (Phi) is 7.38. The van der Waals surface area contributed by atoms with E-state index in [1.165, 1.54) is 6.92 Å². The summed E-state index contributed by atoms with van der Waals surface area (Å²) >= 11 is 0. The van der Waals surface area contributed by atoms with Crippen LogP contribution < -0.4 is 21.1 Å². The van der Waals surface area contributed by atoms with E-state index in [4.69, 9.17) is 10.5 Å². The maximum absolute atomic E-state index is 13.2. The van der Waals surface area contributed by atoms with Gasteiger partial charge in [0.25, 0.3) is 0 Å². The monoisotopic (exact) mass is 477 g/mol. The van der Waals surface area contributed by atoms with Crippen molar-refractivity contribution in [3.63, 3.8) is 0 Å². The highest BCUT2D eigenvalue weighted by Crippen LogP contribution is 2.24. The van der Waals surface area contributed by atoms with Crippen molar-refractivity contribution >= 4 is 33.6 Å². The summed E-state index contributed by atoms with van der Waals surface area (Å²) in [7, 11) is 1.62. The molecule has 0 unspecified atom stereocenters. The molecule has 7 N–H and O–H groups in total. The van der Waals surface area contributed by atoms with Crippen LogP contribution in [0.15, 0.2) is 54.9 Å². The summed E-state index contributed by atoms with van der Waals surface area (Å²) in [5, 5.41) is 17.4. The van der Waals surface area contributed by atoms with Crippen molar-refractivity contribution in [2.24, 2.45) is 5.73 Å². The number of hydrogen-bond donors (Lipinski definition) is 6. The molecule has 2 aromatic carbocycles. The van der Waals surface area contributed by atoms with Gasteiger partial charge in [0.2, 0.25) is 11.8 Å². The van der Waals surface area contributed by atoms with Gasteiger partial charge in [-0.1, -0.05) is 18.2 Å². The SMILES string of the molecule is COc1ccc2[nH]cc(CCNC(=O)[C@H](Cc3c[nH]c4ccccc34)NC(=O)[C@@H](N)[C@@H](C)O)c2c1. The number of nitrogens with one attached hydrogen (secondary N) is 4. The number of carbonyl (C=O) groups is 2. The molecule has 0 aliphatic heterocycles. The van der Waals surface area contributed by atoms with E-state index in [9.17, 15) is 14.7 Å². The van der Waals surface area contributed by atoms with E-state index >= 15 is 0 Å². The van der Waals surface area contributed by atoms with Crippen LogP contribution in [-0.4, -0.2) is 58.7 Å². The number of ether oxygens (including phenoxy) is 1. The molecule has 0 radical (unpaired) electrons. The third-order valence-corrected chi connectivity index (χ3v) is 6.22. The standard InChI is InChI=1S/C26H31N5O4/c1-15(32)24(27)26(34)31-23(11-17-14-30-21-6-4-3-5-19(17)21)25(33)28-10-9-16-13-29-22-8-7-18(35-2)12-20(16)22/h3-8,12-15,23-24,29-30,32H,9-11,27H2,1-2H3,(H,28,33)(H,31,34)/t15-,23+,24+/m1/s1. The molecule has 0 saturated carbocycles. The molecule has 2 aromatic heterocycles. The first-order valence-electron chi connectivity index (χ1n) is 11.6. The topological polar surface area (TPSA) is 145 Å². The maximum atomic E-state index is 13.2. The lowest BCUT2D eigenvalue weighted by molar-refractivity contribution is -0.130. The molecule has 0 aliphatic carbocycles. The van der Waals surface area contributed by atoms with E-state index in [1.807, 2.05) is 54.9 Å². The minimum Gasteiger partial charge on any atom is -0.497 e. The Morgan fingerprint density at radius 2 is 1.74 bits per heavy atom. The average molecular weight is 478 g/mol. The molecule has 9 nitrogen and oxygen atoms in total. The van der Waals surface area contributed by atoms with E-state index in [-0.39, 0.29) is 12.3 Å². The first kappa shape index (κ1) is 24.3. The third kappa shape index (κ3) is 5.47. The van der Waals surface area contributed by atoms with Gasteiger partial charge in [0.1, 0.15) is 17.8 Å². The normalized spacial score (nSPS) is 13.9. The summed E-state index contributed by atoms with van der Waals surface area (Å²) in [5.74, 6) is -0.138. The van der Waals surface area contributed by atoms with Crippen molar-refractivity contribution in [2.45, 2.75) is 38.0 Å². The molecule has 0 fully saturated rings. The molecule has 4 aromatic rings. The molecule has 2 amide bonds. The highest BCUT2D eigenvalue weighted by molar-refractivity contribution is 5.91. The number of methoxy groups -OCH3 is 1. The highest BCUT2D eigenvalue weighted by atomic mass is 16.5. The Labute approximate surface area is 203 Å². The fraction of sp³-hybridized carbons (Fsp3) is 0.308. The number of nitrogens with two attached hydrogens (primary N) is 1. The number of aliphatic hydroxyl groups excluding tert-OH is 1. The first-order chi connectivity index (χ1) is 16.9. The summed E-state index contributed by atoms with van der Waals surface area (Å²) in [6, 6.07) is 11.6. The number of aromatic amines is 2. The maximum Gasteiger partial charge on any atom is 0.242 e. The third-order valence-electron chi connectivity index (χ3n) is 6.22. The van der Waals surface area contributed by atoms with E-state index in [0.29, 0.717) is 13.0 Å². The molecule has 35 heavy (non-hydrogen) atoms. The Morgan fingerprint density at radius 1 is 1.03 bits per heavy atom. The Bertz CT molecular complexity index is 1330. The number of fused-ring (bicyclic) bond motifs is 2. The fourth-order valence-corrected chi connectivity index (χ4v) is 4.15. The number of amides is 2. The van der Waals surface area contributed by atoms with Crippen LogP contribution in [0, 0.1) is 0 Å². The van der Waals surface area contributed by atoms with Crippen molar-refractivity contribution in [1.82, 2.24) is 20.6 Å². The second kappa shape index (κ2) is 10.6. The molecule has 0 saturated heterocycles. The molecule has 0 aliphatic rings. The Hall–Kier alpha value is -3.82. The van der Waals surface area contributed by atoms with E-state index < -0.39 is 24.1 Å². The second-order valence-corrected chi connectivity index (χ2v) is 8.66.